The number of piperidine rings is 1. The van der Waals surface area contributed by atoms with Crippen molar-refractivity contribution in [2.75, 3.05) is 20.2 Å². The summed E-state index contributed by atoms with van der Waals surface area (Å²) < 4.78 is 13.4. The van der Waals surface area contributed by atoms with Crippen LogP contribution < -0.4 is 4.74 Å². The van der Waals surface area contributed by atoms with Gasteiger partial charge in [0.2, 0.25) is 0 Å². The van der Waals surface area contributed by atoms with E-state index in [1.165, 1.54) is 16.0 Å². The van der Waals surface area contributed by atoms with Gasteiger partial charge in [-0.25, -0.2) is 0 Å². The van der Waals surface area contributed by atoms with Gasteiger partial charge in [0.05, 0.1) is 5.60 Å². The second kappa shape index (κ2) is 7.59. The molecule has 7 atom stereocenters. The van der Waals surface area contributed by atoms with Crippen LogP contribution in [-0.4, -0.2) is 58.7 Å². The molecule has 8 rings (SSSR count). The van der Waals surface area contributed by atoms with Crippen molar-refractivity contribution in [3.05, 3.63) is 58.3 Å². The minimum Gasteiger partial charge on any atom is -0.504 e. The number of rotatable bonds is 7. The van der Waals surface area contributed by atoms with Gasteiger partial charge in [-0.05, 0) is 81.5 Å². The molecular formula is C30H37NO4S. The normalized spacial score (nSPS) is 39.4. The highest BCUT2D eigenvalue weighted by Crippen LogP contribution is 2.77. The summed E-state index contributed by atoms with van der Waals surface area (Å²) in [5.41, 5.74) is 0.863. The molecule has 4 bridgehead atoms. The largest absolute Gasteiger partial charge is 0.504 e. The zero-order valence-corrected chi connectivity index (χ0v) is 22.2. The molecule has 5 nitrogen and oxygen atoms in total. The molecule has 1 aromatic heterocycles. The summed E-state index contributed by atoms with van der Waals surface area (Å²) in [5.74, 6) is 0.872. The zero-order valence-electron chi connectivity index (χ0n) is 21.3. The molecule has 6 heteroatoms. The van der Waals surface area contributed by atoms with Crippen LogP contribution in [0.15, 0.2) is 42.3 Å². The molecule has 2 N–H and O–H groups in total. The number of phenols is 1. The Labute approximate surface area is 217 Å². The van der Waals surface area contributed by atoms with E-state index in [4.69, 9.17) is 9.47 Å². The van der Waals surface area contributed by atoms with Crippen molar-refractivity contribution in [1.29, 1.82) is 0 Å². The van der Waals surface area contributed by atoms with Gasteiger partial charge >= 0.3 is 0 Å². The van der Waals surface area contributed by atoms with Gasteiger partial charge in [-0.15, -0.1) is 17.9 Å². The van der Waals surface area contributed by atoms with Crippen molar-refractivity contribution in [3.63, 3.8) is 0 Å². The SMILES string of the molecule is C=CCN1CC[C@]23c4c5ccc(O)c4OC2[C@@]2(OC)CC[C@@]3(CC2[C@](C)(O)CCc2cccs2)[C@H]1C5. The van der Waals surface area contributed by atoms with E-state index < -0.39 is 11.2 Å². The van der Waals surface area contributed by atoms with Crippen LogP contribution in [-0.2, 0) is 23.0 Å². The first-order valence-electron chi connectivity index (χ1n) is 13.5. The first-order chi connectivity index (χ1) is 17.3. The van der Waals surface area contributed by atoms with E-state index in [2.05, 4.69) is 35.1 Å². The molecule has 1 saturated heterocycles. The van der Waals surface area contributed by atoms with Crippen LogP contribution in [0.2, 0.25) is 0 Å². The van der Waals surface area contributed by atoms with Gasteiger partial charge in [0, 0.05) is 46.9 Å². The maximum absolute atomic E-state index is 12.2. The van der Waals surface area contributed by atoms with Gasteiger partial charge < -0.3 is 19.7 Å². The summed E-state index contributed by atoms with van der Waals surface area (Å²) in [6.07, 6.45) is 8.19. The fourth-order valence-corrected chi connectivity index (χ4v) is 10.4. The molecule has 2 aromatic rings. The third-order valence-electron chi connectivity index (χ3n) is 11.0. The van der Waals surface area contributed by atoms with E-state index in [1.807, 2.05) is 26.2 Å². The third kappa shape index (κ3) is 2.62. The highest BCUT2D eigenvalue weighted by Gasteiger charge is 2.81. The van der Waals surface area contributed by atoms with Crippen LogP contribution in [0, 0.1) is 11.3 Å². The summed E-state index contributed by atoms with van der Waals surface area (Å²) in [6, 6.07) is 8.54. The molecule has 0 radical (unpaired) electrons. The number of fused-ring (bicyclic) bond motifs is 2. The van der Waals surface area contributed by atoms with E-state index in [1.54, 1.807) is 11.3 Å². The van der Waals surface area contributed by atoms with Crippen molar-refractivity contribution in [2.24, 2.45) is 11.3 Å². The maximum atomic E-state index is 12.2. The molecule has 2 aliphatic heterocycles. The molecule has 3 heterocycles. The number of phenolic OH excluding ortho intramolecular Hbond substituents is 1. The Hall–Kier alpha value is -1.86. The van der Waals surface area contributed by atoms with Crippen LogP contribution in [0.4, 0.5) is 0 Å². The Morgan fingerprint density at radius 3 is 2.92 bits per heavy atom. The molecule has 0 amide bonds. The zero-order chi connectivity index (χ0) is 24.9. The number of aryl methyl sites for hydroxylation is 1. The smallest absolute Gasteiger partial charge is 0.165 e. The number of aromatic hydroxyl groups is 1. The minimum atomic E-state index is -0.896. The molecule has 1 aromatic carbocycles. The van der Waals surface area contributed by atoms with Gasteiger partial charge in [0.15, 0.2) is 11.5 Å². The van der Waals surface area contributed by atoms with Crippen molar-refractivity contribution in [2.45, 2.75) is 80.6 Å². The van der Waals surface area contributed by atoms with Crippen LogP contribution >= 0.6 is 11.3 Å². The van der Waals surface area contributed by atoms with E-state index in [9.17, 15) is 10.2 Å². The molecule has 3 saturated carbocycles. The molecule has 4 fully saturated rings. The fourth-order valence-electron chi connectivity index (χ4n) is 9.67. The summed E-state index contributed by atoms with van der Waals surface area (Å²) in [4.78, 5) is 3.94. The number of methoxy groups -OCH3 is 1. The first-order valence-corrected chi connectivity index (χ1v) is 14.4. The summed E-state index contributed by atoms with van der Waals surface area (Å²) in [5, 5.41) is 25.3. The van der Waals surface area contributed by atoms with E-state index in [0.29, 0.717) is 18.2 Å². The Balaban J connectivity index is 1.39. The van der Waals surface area contributed by atoms with Gasteiger partial charge in [-0.1, -0.05) is 18.2 Å². The number of ether oxygens (including phenoxy) is 2. The fraction of sp³-hybridized carbons (Fsp3) is 0.600. The van der Waals surface area contributed by atoms with Crippen molar-refractivity contribution in [3.8, 4) is 11.5 Å². The lowest BCUT2D eigenvalue weighted by atomic mass is 9.33. The Bertz CT molecular complexity index is 1210. The Morgan fingerprint density at radius 2 is 2.17 bits per heavy atom. The van der Waals surface area contributed by atoms with Crippen molar-refractivity contribution >= 4 is 11.3 Å². The molecule has 4 aliphatic carbocycles. The third-order valence-corrected chi connectivity index (χ3v) is 12.0. The summed E-state index contributed by atoms with van der Waals surface area (Å²) in [7, 11) is 1.82. The average Bonchev–Trinajstić information content (AvgIpc) is 3.52. The average molecular weight is 508 g/mol. The summed E-state index contributed by atoms with van der Waals surface area (Å²) in [6.45, 7) is 7.97. The van der Waals surface area contributed by atoms with Crippen LogP contribution in [0.3, 0.4) is 0 Å². The highest BCUT2D eigenvalue weighted by molar-refractivity contribution is 7.09. The molecule has 6 aliphatic rings. The lowest BCUT2D eigenvalue weighted by Crippen LogP contribution is -2.82. The molecule has 2 unspecified atom stereocenters. The number of hydrogen-bond donors (Lipinski definition) is 2. The topological polar surface area (TPSA) is 62.2 Å². The number of likely N-dealkylation sites (tertiary alicyclic amines) is 1. The van der Waals surface area contributed by atoms with Gasteiger partial charge in [-0.2, -0.15) is 0 Å². The van der Waals surface area contributed by atoms with Gasteiger partial charge in [0.1, 0.15) is 11.7 Å². The van der Waals surface area contributed by atoms with Gasteiger partial charge in [0.25, 0.3) is 0 Å². The van der Waals surface area contributed by atoms with Crippen LogP contribution in [0.25, 0.3) is 0 Å². The molecule has 36 heavy (non-hydrogen) atoms. The molecule has 192 valence electrons. The second-order valence-corrected chi connectivity index (χ2v) is 13.2. The van der Waals surface area contributed by atoms with Crippen LogP contribution in [0.1, 0.15) is 55.0 Å². The molecule has 2 spiro atoms. The minimum absolute atomic E-state index is 0.0250. The predicted octanol–water partition coefficient (Wildman–Crippen LogP) is 4.84. The number of thiophene rings is 1. The monoisotopic (exact) mass is 507 g/mol. The Kier molecular flexibility index (Phi) is 4.91. The first kappa shape index (κ1) is 23.3. The highest BCUT2D eigenvalue weighted by atomic mass is 32.1. The number of benzene rings is 1. The quantitative estimate of drug-likeness (QED) is 0.526. The van der Waals surface area contributed by atoms with Crippen molar-refractivity contribution < 1.29 is 19.7 Å². The van der Waals surface area contributed by atoms with Crippen LogP contribution in [0.5, 0.6) is 11.5 Å². The second-order valence-electron chi connectivity index (χ2n) is 12.2. The number of aliphatic hydroxyl groups is 1. The number of hydrogen-bond acceptors (Lipinski definition) is 6. The lowest BCUT2D eigenvalue weighted by molar-refractivity contribution is -0.302. The van der Waals surface area contributed by atoms with E-state index in [0.717, 1.165) is 51.6 Å². The Morgan fingerprint density at radius 1 is 1.31 bits per heavy atom. The standard InChI is InChI=1S/C30H37NO4S/c1-4-14-31-15-13-29-24-19-7-8-21(32)25(24)35-26(29)30(34-3)12-11-28(29,23(31)17-19)18-22(30)27(2,33)10-9-20-6-5-16-36-20/h4-8,16,22-23,26,32-33H,1,9-15,17-18H2,2-3H3/t22?,23-,26?,27-,28-,29+,30-/m1/s1. The van der Waals surface area contributed by atoms with E-state index >= 15 is 0 Å². The summed E-state index contributed by atoms with van der Waals surface area (Å²) >= 11 is 1.76. The van der Waals surface area contributed by atoms with Crippen molar-refractivity contribution in [1.82, 2.24) is 4.90 Å². The van der Waals surface area contributed by atoms with E-state index in [-0.39, 0.29) is 28.6 Å². The number of nitrogens with zero attached hydrogens (tertiary/aromatic N) is 1. The molecular weight excluding hydrogens is 470 g/mol. The lowest BCUT2D eigenvalue weighted by Gasteiger charge is -2.75. The van der Waals surface area contributed by atoms with Gasteiger partial charge in [-0.3, -0.25) is 4.90 Å². The maximum Gasteiger partial charge on any atom is 0.165 e. The predicted molar refractivity (Wildman–Crippen MR) is 141 cm³/mol.